The van der Waals surface area contributed by atoms with Crippen LogP contribution in [0, 0.1) is 6.92 Å². The molecule has 0 radical (unpaired) electrons. The number of aryl methyl sites for hydroxylation is 1. The summed E-state index contributed by atoms with van der Waals surface area (Å²) < 4.78 is 0. The lowest BCUT2D eigenvalue weighted by atomic mass is 10.0. The summed E-state index contributed by atoms with van der Waals surface area (Å²) in [4.78, 5) is 11.9. The van der Waals surface area contributed by atoms with Crippen LogP contribution in [0.2, 0.25) is 5.02 Å². The molecule has 0 aliphatic carbocycles. The molecule has 2 aromatic carbocycles. The number of aromatic nitrogens is 2. The molecule has 3 aromatic rings. The highest BCUT2D eigenvalue weighted by Crippen LogP contribution is 2.21. The van der Waals surface area contributed by atoms with E-state index < -0.39 is 6.03 Å². The lowest BCUT2D eigenvalue weighted by Gasteiger charge is -2.11. The first-order chi connectivity index (χ1) is 12.6. The largest absolute Gasteiger partial charge is 0.337 e. The van der Waals surface area contributed by atoms with Crippen molar-refractivity contribution in [1.29, 1.82) is 0 Å². The smallest absolute Gasteiger partial charge is 0.307 e. The first-order valence-electron chi connectivity index (χ1n) is 8.06. The first-order valence-corrected chi connectivity index (χ1v) is 8.44. The number of para-hydroxylation sites is 1. The Morgan fingerprint density at radius 2 is 1.73 bits per heavy atom. The first kappa shape index (κ1) is 17.7. The van der Waals surface area contributed by atoms with E-state index in [2.05, 4.69) is 26.4 Å². The van der Waals surface area contributed by atoms with E-state index >= 15 is 0 Å². The second kappa shape index (κ2) is 8.31. The van der Waals surface area contributed by atoms with Gasteiger partial charge in [-0.1, -0.05) is 48.0 Å². The summed E-state index contributed by atoms with van der Waals surface area (Å²) in [6, 6.07) is 18.3. The van der Waals surface area contributed by atoms with Crippen molar-refractivity contribution in [3.8, 4) is 0 Å². The summed E-state index contributed by atoms with van der Waals surface area (Å²) in [5.41, 5.74) is 8.79. The predicted molar refractivity (Wildman–Crippen MR) is 103 cm³/mol. The number of carbonyl (C=O) groups is 1. The number of nitrogens with one attached hydrogen (secondary N) is 3. The maximum Gasteiger partial charge on any atom is 0.337 e. The molecule has 2 amide bonds. The molecule has 0 fully saturated rings. The molecule has 3 rings (SSSR count). The zero-order valence-electron chi connectivity index (χ0n) is 14.2. The van der Waals surface area contributed by atoms with Crippen LogP contribution in [0.15, 0.2) is 60.7 Å². The standard InChI is InChI=1S/C19H18ClN5O/c1-13-15(11-14-7-5-6-10-17(14)20)12-18(23-22-13)24-25-19(26)21-16-8-3-2-4-9-16/h2-10,12H,11H2,1H3,(H,23,24)(H2,21,25,26). The molecule has 0 spiro atoms. The van der Waals surface area contributed by atoms with Gasteiger partial charge in [0.15, 0.2) is 5.82 Å². The van der Waals surface area contributed by atoms with E-state index in [1.807, 2.05) is 55.5 Å². The number of halogens is 1. The Morgan fingerprint density at radius 1 is 1.00 bits per heavy atom. The van der Waals surface area contributed by atoms with Crippen LogP contribution in [-0.4, -0.2) is 16.2 Å². The quantitative estimate of drug-likeness (QED) is 0.591. The molecule has 7 heteroatoms. The number of hydrogen-bond acceptors (Lipinski definition) is 4. The number of rotatable bonds is 5. The van der Waals surface area contributed by atoms with Gasteiger partial charge in [-0.15, -0.1) is 5.10 Å². The zero-order chi connectivity index (χ0) is 18.4. The Kier molecular flexibility index (Phi) is 5.66. The van der Waals surface area contributed by atoms with Gasteiger partial charge in [0.2, 0.25) is 0 Å². The molecule has 1 aromatic heterocycles. The topological polar surface area (TPSA) is 78.9 Å². The van der Waals surface area contributed by atoms with E-state index in [4.69, 9.17) is 11.6 Å². The molecule has 0 unspecified atom stereocenters. The highest BCUT2D eigenvalue weighted by Gasteiger charge is 2.08. The van der Waals surface area contributed by atoms with Gasteiger partial charge >= 0.3 is 6.03 Å². The lowest BCUT2D eigenvalue weighted by molar-refractivity contribution is 0.254. The molecule has 0 aliphatic rings. The minimum absolute atomic E-state index is 0.397. The monoisotopic (exact) mass is 367 g/mol. The van der Waals surface area contributed by atoms with Gasteiger partial charge in [0.05, 0.1) is 5.69 Å². The van der Waals surface area contributed by atoms with Crippen LogP contribution >= 0.6 is 11.6 Å². The molecule has 1 heterocycles. The number of hydrogen-bond donors (Lipinski definition) is 3. The second-order valence-corrected chi connectivity index (χ2v) is 6.09. The minimum Gasteiger partial charge on any atom is -0.307 e. The highest BCUT2D eigenvalue weighted by atomic mass is 35.5. The van der Waals surface area contributed by atoms with Crippen LogP contribution in [0.4, 0.5) is 16.3 Å². The zero-order valence-corrected chi connectivity index (χ0v) is 14.9. The third kappa shape index (κ3) is 4.70. The van der Waals surface area contributed by atoms with Crippen molar-refractivity contribution >= 4 is 29.1 Å². The Hall–Kier alpha value is -3.12. The Bertz CT molecular complexity index is 901. The minimum atomic E-state index is -0.397. The van der Waals surface area contributed by atoms with E-state index in [9.17, 15) is 4.79 Å². The van der Waals surface area contributed by atoms with Crippen molar-refractivity contribution in [3.05, 3.63) is 82.5 Å². The summed E-state index contributed by atoms with van der Waals surface area (Å²) in [7, 11) is 0. The summed E-state index contributed by atoms with van der Waals surface area (Å²) in [5.74, 6) is 0.445. The number of anilines is 2. The van der Waals surface area contributed by atoms with Crippen molar-refractivity contribution in [2.45, 2.75) is 13.3 Å². The highest BCUT2D eigenvalue weighted by molar-refractivity contribution is 6.31. The summed E-state index contributed by atoms with van der Waals surface area (Å²) in [6.45, 7) is 1.89. The van der Waals surface area contributed by atoms with Crippen molar-refractivity contribution in [2.24, 2.45) is 0 Å². The second-order valence-electron chi connectivity index (χ2n) is 5.68. The molecule has 0 saturated carbocycles. The molecular formula is C19H18ClN5O. The van der Waals surface area contributed by atoms with Gasteiger partial charge in [0, 0.05) is 17.1 Å². The molecular weight excluding hydrogens is 350 g/mol. The van der Waals surface area contributed by atoms with Crippen LogP contribution in [0.3, 0.4) is 0 Å². The fraction of sp³-hybridized carbons (Fsp3) is 0.105. The van der Waals surface area contributed by atoms with Gasteiger partial charge < -0.3 is 5.32 Å². The molecule has 0 aliphatic heterocycles. The third-order valence-electron chi connectivity index (χ3n) is 3.76. The molecule has 26 heavy (non-hydrogen) atoms. The number of hydrazine groups is 1. The fourth-order valence-electron chi connectivity index (χ4n) is 2.38. The molecule has 0 atom stereocenters. The van der Waals surface area contributed by atoms with Crippen LogP contribution in [0.25, 0.3) is 0 Å². The maximum atomic E-state index is 11.9. The van der Waals surface area contributed by atoms with Gasteiger partial charge in [0.1, 0.15) is 0 Å². The van der Waals surface area contributed by atoms with Crippen LogP contribution in [-0.2, 0) is 6.42 Å². The van der Waals surface area contributed by atoms with Crippen LogP contribution in [0.1, 0.15) is 16.8 Å². The normalized spacial score (nSPS) is 10.2. The summed E-state index contributed by atoms with van der Waals surface area (Å²) >= 11 is 6.23. The Labute approximate surface area is 156 Å². The van der Waals surface area contributed by atoms with Crippen LogP contribution < -0.4 is 16.2 Å². The molecule has 0 bridgehead atoms. The van der Waals surface area contributed by atoms with Crippen molar-refractivity contribution in [1.82, 2.24) is 15.6 Å². The maximum absolute atomic E-state index is 11.9. The van der Waals surface area contributed by atoms with Crippen molar-refractivity contribution in [2.75, 3.05) is 10.7 Å². The van der Waals surface area contributed by atoms with E-state index in [1.165, 1.54) is 0 Å². The third-order valence-corrected chi connectivity index (χ3v) is 4.13. The van der Waals surface area contributed by atoms with E-state index in [0.717, 1.165) is 16.8 Å². The van der Waals surface area contributed by atoms with Gasteiger partial charge in [-0.05, 0) is 42.3 Å². The number of benzene rings is 2. The number of amides is 2. The Balaban J connectivity index is 1.64. The van der Waals surface area contributed by atoms with E-state index in [0.29, 0.717) is 22.9 Å². The molecule has 3 N–H and O–H groups in total. The number of carbonyl (C=O) groups excluding carboxylic acids is 1. The summed E-state index contributed by atoms with van der Waals surface area (Å²) in [5, 5.41) is 11.6. The van der Waals surface area contributed by atoms with Gasteiger partial charge in [-0.2, -0.15) is 5.10 Å². The predicted octanol–water partition coefficient (Wildman–Crippen LogP) is 4.18. The van der Waals surface area contributed by atoms with Gasteiger partial charge in [0.25, 0.3) is 0 Å². The molecule has 132 valence electrons. The van der Waals surface area contributed by atoms with E-state index in [1.54, 1.807) is 12.1 Å². The molecule has 0 saturated heterocycles. The Morgan fingerprint density at radius 3 is 2.50 bits per heavy atom. The average Bonchev–Trinajstić information content (AvgIpc) is 2.65. The average molecular weight is 368 g/mol. The molecule has 6 nitrogen and oxygen atoms in total. The number of nitrogens with zero attached hydrogens (tertiary/aromatic N) is 2. The number of urea groups is 1. The van der Waals surface area contributed by atoms with E-state index in [-0.39, 0.29) is 0 Å². The SMILES string of the molecule is Cc1nnc(NNC(=O)Nc2ccccc2)cc1Cc1ccccc1Cl. The van der Waals surface area contributed by atoms with Gasteiger partial charge in [-0.3, -0.25) is 5.43 Å². The van der Waals surface area contributed by atoms with Gasteiger partial charge in [-0.25, -0.2) is 10.2 Å². The van der Waals surface area contributed by atoms with Crippen molar-refractivity contribution in [3.63, 3.8) is 0 Å². The lowest BCUT2D eigenvalue weighted by Crippen LogP contribution is -2.34. The summed E-state index contributed by atoms with van der Waals surface area (Å²) in [6.07, 6.45) is 0.631. The van der Waals surface area contributed by atoms with Crippen molar-refractivity contribution < 1.29 is 4.79 Å². The fourth-order valence-corrected chi connectivity index (χ4v) is 2.59. The van der Waals surface area contributed by atoms with Crippen LogP contribution in [0.5, 0.6) is 0 Å².